The van der Waals surface area contributed by atoms with Crippen molar-refractivity contribution in [1.82, 2.24) is 54.7 Å². The molecule has 23 heteroatoms. The number of carboxylic acids is 1. The van der Waals surface area contributed by atoms with Crippen LogP contribution in [0.1, 0.15) is 41.5 Å². The lowest BCUT2D eigenvalue weighted by molar-refractivity contribution is -0.133. The lowest BCUT2D eigenvalue weighted by Crippen LogP contribution is -2.51. The van der Waals surface area contributed by atoms with E-state index in [9.17, 15) is 34.5 Å². The van der Waals surface area contributed by atoms with Gasteiger partial charge in [-0.05, 0) is 74.7 Å². The molecule has 1 atom stereocenters. The number of hydrogen-bond acceptors (Lipinski definition) is 18. The summed E-state index contributed by atoms with van der Waals surface area (Å²) in [5.74, 6) is -0.480. The highest BCUT2D eigenvalue weighted by molar-refractivity contribution is 6.08. The largest absolute Gasteiger partial charge is 0.508 e. The van der Waals surface area contributed by atoms with Gasteiger partial charge >= 0.3 is 5.97 Å². The number of rotatable bonds is 16. The van der Waals surface area contributed by atoms with E-state index >= 15 is 0 Å². The Labute approximate surface area is 394 Å². The number of piperazine rings is 2. The van der Waals surface area contributed by atoms with E-state index in [0.717, 1.165) is 25.0 Å². The zero-order valence-electron chi connectivity index (χ0n) is 37.8. The zero-order valence-corrected chi connectivity index (χ0v) is 37.8. The van der Waals surface area contributed by atoms with Gasteiger partial charge < -0.3 is 50.4 Å². The van der Waals surface area contributed by atoms with Crippen LogP contribution < -0.4 is 26.3 Å². The molecule has 2 aromatic carbocycles. The van der Waals surface area contributed by atoms with Crippen molar-refractivity contribution in [2.24, 2.45) is 5.73 Å². The maximum atomic E-state index is 13.4. The van der Waals surface area contributed by atoms with Gasteiger partial charge in [-0.15, -0.1) is 10.2 Å². The molecule has 1 aliphatic carbocycles. The second-order valence-electron chi connectivity index (χ2n) is 17.1. The molecule has 9 rings (SSSR count). The number of aromatic hydroxyl groups is 1. The lowest BCUT2D eigenvalue weighted by Gasteiger charge is -2.36. The van der Waals surface area contributed by atoms with Gasteiger partial charge in [-0.25, -0.2) is 14.2 Å². The number of carbonyl (C=O) groups is 3. The Hall–Kier alpha value is -8.05. The fraction of sp³-hybridized carbons (Fsp3) is 0.370. The first-order chi connectivity index (χ1) is 33.4. The minimum Gasteiger partial charge on any atom is -0.508 e. The van der Waals surface area contributed by atoms with Gasteiger partial charge in [0.1, 0.15) is 30.2 Å². The summed E-state index contributed by atoms with van der Waals surface area (Å²) in [5, 5.41) is 50.8. The summed E-state index contributed by atoms with van der Waals surface area (Å²) in [6, 6.07) is 13.6. The van der Waals surface area contributed by atoms with Crippen LogP contribution in [-0.4, -0.2) is 153 Å². The monoisotopic (exact) mass is 941 g/mol. The quantitative estimate of drug-likeness (QED) is 0.0684. The average molecular weight is 942 g/mol. The molecule has 3 aliphatic heterocycles. The van der Waals surface area contributed by atoms with Crippen LogP contribution in [0, 0.1) is 0 Å². The number of aromatic carboxylic acids is 1. The summed E-state index contributed by atoms with van der Waals surface area (Å²) >= 11 is 0. The Kier molecular flexibility index (Phi) is 13.4. The van der Waals surface area contributed by atoms with E-state index < -0.39 is 12.1 Å². The minimum atomic E-state index is -1.22. The first-order valence-electron chi connectivity index (χ1n) is 22.7. The standard InChI is InChI=1S/C46H51N15O8/c1-28(62)20-31-25-61(55-53-31)27-41(66)57-14-18-59(19-15-57)46-50-44(49-45(51-46)58-16-12-56(13-17-58)40(65)26-60-24-30(52-54-60)4-2-3-11-47)48-29-5-8-34(37(21-29)43(67)68)42-35-9-6-32(63)22-38(35)69-39-23-33(64)7-10-36(39)42/h5-10,21-25,28,62-63H,2-4,11-20,26-27,47H2,1H3,(H,67,68)(H,48,49,50,51). The first kappa shape index (κ1) is 46.1. The molecule has 6 N–H and O–H groups in total. The third kappa shape index (κ3) is 10.6. The first-order valence-corrected chi connectivity index (χ1v) is 22.7. The molecule has 2 fully saturated rings. The summed E-state index contributed by atoms with van der Waals surface area (Å²) in [4.78, 5) is 74.1. The highest BCUT2D eigenvalue weighted by atomic mass is 16.4. The number of aliphatic hydroxyl groups excluding tert-OH is 1. The van der Waals surface area contributed by atoms with Gasteiger partial charge in [0.15, 0.2) is 5.43 Å². The number of carbonyl (C=O) groups excluding carboxylic acids is 2. The number of phenolic OH excluding ortho intramolecular Hbond substituents is 1. The zero-order chi connectivity index (χ0) is 48.2. The van der Waals surface area contributed by atoms with E-state index in [0.29, 0.717) is 111 Å². The Bertz CT molecular complexity index is 3030. The van der Waals surface area contributed by atoms with E-state index in [1.54, 1.807) is 58.1 Å². The number of phenols is 1. The third-order valence-corrected chi connectivity index (χ3v) is 12.1. The van der Waals surface area contributed by atoms with Crippen LogP contribution in [0.5, 0.6) is 5.75 Å². The van der Waals surface area contributed by atoms with Crippen LogP contribution >= 0.6 is 0 Å². The molecule has 6 heterocycles. The SMILES string of the molecule is CC(O)Cc1cn(CC(=O)N2CCN(c3nc(Nc4ccc(-c5c6ccc(=O)cc-6oc6cc(O)ccc56)c(C(=O)O)c4)nc(N4CCN(C(=O)Cn5cc(CCCCN)nn5)CC4)n3)CC2)nn1. The second kappa shape index (κ2) is 20.0. The highest BCUT2D eigenvalue weighted by Gasteiger charge is 2.29. The predicted molar refractivity (Wildman–Crippen MR) is 251 cm³/mol. The molecule has 2 saturated heterocycles. The second-order valence-corrected chi connectivity index (χ2v) is 17.1. The van der Waals surface area contributed by atoms with Crippen LogP contribution in [0.4, 0.5) is 23.5 Å². The number of carboxylic acid groups (broad SMARTS) is 1. The smallest absolute Gasteiger partial charge is 0.336 e. The number of aryl methyl sites for hydroxylation is 1. The number of amides is 2. The normalized spacial score (nSPS) is 14.7. The topological polar surface area (TPSA) is 293 Å². The van der Waals surface area contributed by atoms with E-state index in [1.807, 2.05) is 9.80 Å². The Morgan fingerprint density at radius 1 is 0.768 bits per heavy atom. The number of hydrogen-bond donors (Lipinski definition) is 5. The number of aliphatic hydroxyl groups is 1. The summed E-state index contributed by atoms with van der Waals surface area (Å²) in [5.41, 5.74) is 8.63. The van der Waals surface area contributed by atoms with Crippen molar-refractivity contribution in [3.05, 3.63) is 94.2 Å². The van der Waals surface area contributed by atoms with Crippen molar-refractivity contribution < 1.29 is 34.1 Å². The number of fused-ring (bicyclic) bond motifs is 2. The average Bonchev–Trinajstić information content (AvgIpc) is 3.98. The molecule has 0 radical (unpaired) electrons. The number of nitrogens with two attached hydrogens (primary N) is 1. The van der Waals surface area contributed by atoms with E-state index in [-0.39, 0.29) is 58.9 Å². The molecule has 3 aromatic heterocycles. The Morgan fingerprint density at radius 3 is 2.01 bits per heavy atom. The third-order valence-electron chi connectivity index (χ3n) is 12.1. The number of anilines is 4. The fourth-order valence-corrected chi connectivity index (χ4v) is 8.57. The summed E-state index contributed by atoms with van der Waals surface area (Å²) in [6.45, 7) is 5.45. The van der Waals surface area contributed by atoms with Crippen LogP contribution in [0.15, 0.2) is 76.2 Å². The summed E-state index contributed by atoms with van der Waals surface area (Å²) < 4.78 is 9.01. The number of nitrogens with one attached hydrogen (secondary N) is 1. The van der Waals surface area contributed by atoms with Crippen LogP contribution in [0.25, 0.3) is 33.4 Å². The van der Waals surface area contributed by atoms with Gasteiger partial charge in [0.25, 0.3) is 0 Å². The van der Waals surface area contributed by atoms with Gasteiger partial charge in [0, 0.05) is 106 Å². The molecule has 0 bridgehead atoms. The molecule has 358 valence electrons. The molecular weight excluding hydrogens is 891 g/mol. The number of benzene rings is 3. The Balaban J connectivity index is 0.965. The molecule has 1 unspecified atom stereocenters. The van der Waals surface area contributed by atoms with Crippen LogP contribution in [0.2, 0.25) is 0 Å². The maximum Gasteiger partial charge on any atom is 0.336 e. The van der Waals surface area contributed by atoms with Gasteiger partial charge in [-0.2, -0.15) is 15.0 Å². The van der Waals surface area contributed by atoms with E-state index in [2.05, 4.69) is 25.9 Å². The van der Waals surface area contributed by atoms with Gasteiger partial charge in [-0.1, -0.05) is 16.5 Å². The van der Waals surface area contributed by atoms with Crippen molar-refractivity contribution in [1.29, 1.82) is 0 Å². The van der Waals surface area contributed by atoms with E-state index in [1.165, 1.54) is 35.0 Å². The number of nitrogens with zero attached hydrogens (tertiary/aromatic N) is 13. The molecule has 23 nitrogen and oxygen atoms in total. The Morgan fingerprint density at radius 2 is 1.39 bits per heavy atom. The predicted octanol–water partition coefficient (Wildman–Crippen LogP) is 1.98. The minimum absolute atomic E-state index is 0.00575. The van der Waals surface area contributed by atoms with Crippen molar-refractivity contribution in [3.8, 4) is 28.2 Å². The molecule has 5 aromatic rings. The van der Waals surface area contributed by atoms with Gasteiger partial charge in [0.2, 0.25) is 29.7 Å². The van der Waals surface area contributed by atoms with Crippen molar-refractivity contribution in [3.63, 3.8) is 0 Å². The molecule has 4 aliphatic rings. The lowest BCUT2D eigenvalue weighted by atomic mass is 9.90. The van der Waals surface area contributed by atoms with Crippen LogP contribution in [0.3, 0.4) is 0 Å². The van der Waals surface area contributed by atoms with Crippen molar-refractivity contribution in [2.75, 3.05) is 74.0 Å². The number of aromatic nitrogens is 9. The van der Waals surface area contributed by atoms with E-state index in [4.69, 9.17) is 25.1 Å². The number of unbranched alkanes of at least 4 members (excludes halogenated alkanes) is 1. The summed E-state index contributed by atoms with van der Waals surface area (Å²) in [6.07, 6.45) is 5.70. The van der Waals surface area contributed by atoms with Gasteiger partial charge in [-0.3, -0.25) is 14.4 Å². The van der Waals surface area contributed by atoms with Crippen LogP contribution in [-0.2, 0) is 35.5 Å². The molecule has 69 heavy (non-hydrogen) atoms. The van der Waals surface area contributed by atoms with Gasteiger partial charge in [0.05, 0.1) is 23.1 Å². The molecule has 0 spiro atoms. The highest BCUT2D eigenvalue weighted by Crippen LogP contribution is 2.42. The maximum absolute atomic E-state index is 13.4. The van der Waals surface area contributed by atoms with Crippen molar-refractivity contribution >= 4 is 52.3 Å². The molecule has 2 amide bonds. The summed E-state index contributed by atoms with van der Waals surface area (Å²) in [7, 11) is 0. The molecular formula is C46H51N15O8. The fourth-order valence-electron chi connectivity index (χ4n) is 8.57. The molecule has 0 saturated carbocycles. The van der Waals surface area contributed by atoms with Crippen molar-refractivity contribution in [2.45, 2.75) is 51.8 Å².